The number of rotatable bonds is 0. The zero-order valence-corrected chi connectivity index (χ0v) is 6.41. The van der Waals surface area contributed by atoms with Gasteiger partial charge in [0.05, 0.1) is 13.6 Å². The summed E-state index contributed by atoms with van der Waals surface area (Å²) in [5.41, 5.74) is 1.34. The van der Waals surface area contributed by atoms with Crippen molar-refractivity contribution in [3.8, 4) is 0 Å². The molecule has 0 aliphatic carbocycles. The van der Waals surface area contributed by atoms with Crippen LogP contribution in [0.25, 0.3) is 0 Å². The summed E-state index contributed by atoms with van der Waals surface area (Å²) in [5, 5.41) is 0. The van der Waals surface area contributed by atoms with Crippen molar-refractivity contribution >= 4 is 13.0 Å². The van der Waals surface area contributed by atoms with Crippen LogP contribution in [0.3, 0.4) is 0 Å². The molecule has 1 atom stereocenters. The van der Waals surface area contributed by atoms with E-state index in [1.54, 1.807) is 0 Å². The minimum atomic E-state index is 0.711. The molecule has 1 aromatic rings. The second kappa shape index (κ2) is 1.88. The average molecular weight is 134 g/mol. The van der Waals surface area contributed by atoms with Gasteiger partial charge >= 0.3 is 0 Å². The third-order valence-corrected chi connectivity index (χ3v) is 2.04. The zero-order valence-electron chi connectivity index (χ0n) is 6.41. The largest absolute Gasteiger partial charge is 0.280 e. The highest BCUT2D eigenvalue weighted by Gasteiger charge is 2.12. The van der Waals surface area contributed by atoms with E-state index in [1.165, 1.54) is 5.72 Å². The quantitative estimate of drug-likeness (QED) is 0.333. The van der Waals surface area contributed by atoms with Gasteiger partial charge in [-0.2, -0.15) is 13.1 Å². The number of imidazole rings is 1. The van der Waals surface area contributed by atoms with Crippen LogP contribution in [0, 0.1) is 0 Å². The molecule has 0 aromatic carbocycles. The van der Waals surface area contributed by atoms with Gasteiger partial charge in [0.25, 0.3) is 0 Å². The zero-order chi connectivity index (χ0) is 7.14. The number of nitrogens with zero attached hydrogens (tertiary/aromatic N) is 2. The molecule has 0 amide bonds. The predicted molar refractivity (Wildman–Crippen MR) is 40.4 cm³/mol. The van der Waals surface area contributed by atoms with Gasteiger partial charge in [0.15, 0.2) is 0 Å². The molecule has 2 radical (unpaired) electrons. The normalized spacial score (nSPS) is 23.2. The highest BCUT2D eigenvalue weighted by atomic mass is 15.1. The predicted octanol–water partition coefficient (Wildman–Crippen LogP) is -0.536. The fraction of sp³-hybridized carbons (Fsp3) is 0.571. The molecule has 0 saturated carbocycles. The molecular weight excluding hydrogens is 123 g/mol. The maximum atomic E-state index is 2.31. The van der Waals surface area contributed by atoms with Gasteiger partial charge in [0.1, 0.15) is 12.4 Å². The summed E-state index contributed by atoms with van der Waals surface area (Å²) in [6.07, 6.45) is 4.23. The first-order valence-electron chi connectivity index (χ1n) is 3.67. The molecule has 52 valence electrons. The molecule has 0 saturated heterocycles. The Kier molecular flexibility index (Phi) is 1.13. The molecule has 1 aliphatic rings. The van der Waals surface area contributed by atoms with Crippen LogP contribution in [0.15, 0.2) is 12.4 Å². The Morgan fingerprint density at radius 1 is 1.80 bits per heavy atom. The maximum Gasteiger partial charge on any atom is 0.126 e. The van der Waals surface area contributed by atoms with Crippen molar-refractivity contribution in [1.82, 2.24) is 4.57 Å². The van der Waals surface area contributed by atoms with Crippen molar-refractivity contribution in [2.45, 2.75) is 19.3 Å². The minimum absolute atomic E-state index is 0.711. The van der Waals surface area contributed by atoms with E-state index >= 15 is 0 Å². The van der Waals surface area contributed by atoms with Crippen molar-refractivity contribution in [2.24, 2.45) is 7.05 Å². The van der Waals surface area contributed by atoms with Crippen LogP contribution in [-0.2, 0) is 13.6 Å². The molecule has 0 N–H and O–H groups in total. The molecule has 0 spiro atoms. The SMILES string of the molecule is C[C@H]1[B-]c2n(cc[n+]2C)C1. The molecular formula is C7H11BN2. The molecule has 3 heteroatoms. The van der Waals surface area contributed by atoms with Gasteiger partial charge in [0, 0.05) is 5.72 Å². The molecule has 0 bridgehead atoms. The van der Waals surface area contributed by atoms with Gasteiger partial charge in [0.2, 0.25) is 0 Å². The Balaban J connectivity index is 2.44. The van der Waals surface area contributed by atoms with E-state index in [9.17, 15) is 0 Å². The van der Waals surface area contributed by atoms with Gasteiger partial charge in [-0.3, -0.25) is 9.13 Å². The van der Waals surface area contributed by atoms with E-state index in [-0.39, 0.29) is 0 Å². The molecule has 10 heavy (non-hydrogen) atoms. The van der Waals surface area contributed by atoms with Crippen LogP contribution in [-0.4, -0.2) is 11.8 Å². The smallest absolute Gasteiger partial charge is 0.126 e. The van der Waals surface area contributed by atoms with Gasteiger partial charge in [-0.1, -0.05) is 6.92 Å². The van der Waals surface area contributed by atoms with Crippen molar-refractivity contribution in [3.05, 3.63) is 12.4 Å². The lowest BCUT2D eigenvalue weighted by molar-refractivity contribution is -0.652. The standard InChI is InChI=1S/C7H11BN2/c1-6-5-10-4-3-9(2)7(10)8-6/h3-4,6H,5H2,1-2H3/t6-/m1/s1. The summed E-state index contributed by atoms with van der Waals surface area (Å²) in [5.74, 6) is 0.711. The Labute approximate surface area is 61.7 Å². The number of aryl methyl sites for hydroxylation is 1. The summed E-state index contributed by atoms with van der Waals surface area (Å²) in [6, 6.07) is 0. The van der Waals surface area contributed by atoms with Gasteiger partial charge in [-0.15, -0.1) is 0 Å². The van der Waals surface area contributed by atoms with Gasteiger partial charge in [-0.05, 0) is 0 Å². The van der Waals surface area contributed by atoms with Crippen LogP contribution in [0.4, 0.5) is 0 Å². The lowest BCUT2D eigenvalue weighted by Gasteiger charge is -2.05. The van der Waals surface area contributed by atoms with Crippen molar-refractivity contribution < 1.29 is 4.57 Å². The van der Waals surface area contributed by atoms with Crippen molar-refractivity contribution in [1.29, 1.82) is 0 Å². The monoisotopic (exact) mass is 134 g/mol. The summed E-state index contributed by atoms with van der Waals surface area (Å²) in [4.78, 5) is 0. The lowest BCUT2D eigenvalue weighted by Crippen LogP contribution is -2.47. The third-order valence-electron chi connectivity index (χ3n) is 2.04. The minimum Gasteiger partial charge on any atom is -0.280 e. The molecule has 1 aliphatic heterocycles. The Morgan fingerprint density at radius 3 is 3.30 bits per heavy atom. The van der Waals surface area contributed by atoms with Crippen LogP contribution >= 0.6 is 0 Å². The van der Waals surface area contributed by atoms with Crippen LogP contribution in [0.5, 0.6) is 0 Å². The Morgan fingerprint density at radius 2 is 2.60 bits per heavy atom. The number of hydrogen-bond donors (Lipinski definition) is 0. The highest BCUT2D eigenvalue weighted by molar-refractivity contribution is 6.53. The topological polar surface area (TPSA) is 8.81 Å². The number of hydrogen-bond acceptors (Lipinski definition) is 0. The lowest BCUT2D eigenvalue weighted by atomic mass is 9.67. The number of aromatic nitrogens is 2. The maximum absolute atomic E-state index is 2.31. The van der Waals surface area contributed by atoms with E-state index in [4.69, 9.17) is 0 Å². The summed E-state index contributed by atoms with van der Waals surface area (Å²) >= 11 is 0. The van der Waals surface area contributed by atoms with E-state index in [0.29, 0.717) is 5.82 Å². The Bertz CT molecular complexity index is 254. The van der Waals surface area contributed by atoms with E-state index < -0.39 is 0 Å². The first-order valence-corrected chi connectivity index (χ1v) is 3.67. The van der Waals surface area contributed by atoms with Crippen LogP contribution in [0.2, 0.25) is 5.82 Å². The second-order valence-electron chi connectivity index (χ2n) is 3.06. The molecule has 2 nitrogen and oxygen atoms in total. The van der Waals surface area contributed by atoms with E-state index in [1.807, 2.05) is 0 Å². The first kappa shape index (κ1) is 6.02. The first-order chi connectivity index (χ1) is 4.77. The summed E-state index contributed by atoms with van der Waals surface area (Å²) in [7, 11) is 4.39. The van der Waals surface area contributed by atoms with E-state index in [2.05, 4.69) is 42.8 Å². The summed E-state index contributed by atoms with van der Waals surface area (Å²) < 4.78 is 4.44. The van der Waals surface area contributed by atoms with Gasteiger partial charge in [-0.25, -0.2) is 0 Å². The molecule has 2 rings (SSSR count). The van der Waals surface area contributed by atoms with E-state index in [0.717, 1.165) is 6.54 Å². The fourth-order valence-electron chi connectivity index (χ4n) is 1.52. The molecule has 0 unspecified atom stereocenters. The number of fused-ring (bicyclic) bond motifs is 1. The van der Waals surface area contributed by atoms with Crippen molar-refractivity contribution in [2.75, 3.05) is 0 Å². The summed E-state index contributed by atoms with van der Waals surface area (Å²) in [6.45, 7) is 3.39. The Hall–Kier alpha value is -0.725. The molecule has 1 aromatic heterocycles. The third kappa shape index (κ3) is 0.697. The van der Waals surface area contributed by atoms with Crippen LogP contribution < -0.4 is 10.3 Å². The van der Waals surface area contributed by atoms with Crippen molar-refractivity contribution in [3.63, 3.8) is 0 Å². The van der Waals surface area contributed by atoms with Gasteiger partial charge < -0.3 is 0 Å². The van der Waals surface area contributed by atoms with Crippen LogP contribution in [0.1, 0.15) is 6.92 Å². The second-order valence-corrected chi connectivity index (χ2v) is 3.06. The molecule has 0 fully saturated rings. The molecule has 2 heterocycles. The average Bonchev–Trinajstić information content (AvgIpc) is 2.35. The fourth-order valence-corrected chi connectivity index (χ4v) is 1.52. The highest BCUT2D eigenvalue weighted by Crippen LogP contribution is 2.09.